The average Bonchev–Trinajstić information content (AvgIpc) is 3.42. The Bertz CT molecular complexity index is 1440. The lowest BCUT2D eigenvalue weighted by molar-refractivity contribution is 0.575. The Morgan fingerprint density at radius 2 is 1.79 bits per heavy atom. The van der Waals surface area contributed by atoms with Crippen molar-refractivity contribution in [2.24, 2.45) is 5.10 Å². The van der Waals surface area contributed by atoms with Crippen LogP contribution in [0, 0.1) is 11.6 Å². The smallest absolute Gasteiger partial charge is 0.237 e. The fourth-order valence-corrected chi connectivity index (χ4v) is 5.36. The van der Waals surface area contributed by atoms with Crippen LogP contribution in [0.15, 0.2) is 58.1 Å². The van der Waals surface area contributed by atoms with E-state index in [9.17, 15) is 17.2 Å². The summed E-state index contributed by atoms with van der Waals surface area (Å²) in [5.41, 5.74) is 0.829. The number of halogens is 3. The molecule has 0 aliphatic rings. The zero-order chi connectivity index (χ0) is 24.5. The quantitative estimate of drug-likeness (QED) is 0.307. The third kappa shape index (κ3) is 5.06. The summed E-state index contributed by atoms with van der Waals surface area (Å²) < 4.78 is 55.7. The minimum atomic E-state index is -4.06. The van der Waals surface area contributed by atoms with Gasteiger partial charge in [0.25, 0.3) is 5.16 Å². The molecule has 4 aromatic rings. The standard InChI is InChI=1S/C22H18ClF2N5O2S2/c1-13(2)19-11-33-21(27-19)20-28-29-22(34(31,32)12-14-6-8-15(23)9-7-14)30(20)26-10-16-17(24)4-3-5-18(16)25/h3-11,13H,12H2,1-2H3/b26-10+. The van der Waals surface area contributed by atoms with Crippen LogP contribution in [0.25, 0.3) is 10.8 Å². The average molecular weight is 522 g/mol. The maximum atomic E-state index is 14.1. The summed E-state index contributed by atoms with van der Waals surface area (Å²) in [5.74, 6) is -1.92. The number of rotatable bonds is 7. The molecule has 0 bridgehead atoms. The molecule has 2 heterocycles. The molecule has 0 radical (unpaired) electrons. The molecule has 0 saturated carbocycles. The molecule has 0 spiro atoms. The topological polar surface area (TPSA) is 90.1 Å². The van der Waals surface area contributed by atoms with Gasteiger partial charge in [-0.05, 0) is 35.7 Å². The highest BCUT2D eigenvalue weighted by atomic mass is 35.5. The third-order valence-electron chi connectivity index (χ3n) is 4.77. The van der Waals surface area contributed by atoms with Crippen molar-refractivity contribution in [2.45, 2.75) is 30.7 Å². The van der Waals surface area contributed by atoms with Gasteiger partial charge in [0.15, 0.2) is 5.01 Å². The van der Waals surface area contributed by atoms with Crippen molar-refractivity contribution in [1.82, 2.24) is 19.9 Å². The lowest BCUT2D eigenvalue weighted by Crippen LogP contribution is -2.12. The van der Waals surface area contributed by atoms with Crippen LogP contribution in [0.2, 0.25) is 5.02 Å². The highest BCUT2D eigenvalue weighted by molar-refractivity contribution is 7.90. The molecule has 0 atom stereocenters. The summed E-state index contributed by atoms with van der Waals surface area (Å²) in [7, 11) is -4.06. The van der Waals surface area contributed by atoms with Crippen LogP contribution in [0.4, 0.5) is 8.78 Å². The summed E-state index contributed by atoms with van der Waals surface area (Å²) >= 11 is 7.12. The lowest BCUT2D eigenvalue weighted by Gasteiger charge is -2.06. The molecule has 176 valence electrons. The van der Waals surface area contributed by atoms with Crippen molar-refractivity contribution in [3.05, 3.63) is 81.3 Å². The van der Waals surface area contributed by atoms with Gasteiger partial charge in [0.2, 0.25) is 15.7 Å². The number of hydrogen-bond acceptors (Lipinski definition) is 7. The van der Waals surface area contributed by atoms with Gasteiger partial charge < -0.3 is 0 Å². The molecule has 2 aromatic carbocycles. The zero-order valence-electron chi connectivity index (χ0n) is 18.0. The number of benzene rings is 2. The minimum absolute atomic E-state index is 0.0413. The molecule has 4 rings (SSSR count). The summed E-state index contributed by atoms with van der Waals surface area (Å²) in [5, 5.41) is 14.1. The third-order valence-corrected chi connectivity index (χ3v) is 7.40. The summed E-state index contributed by atoms with van der Waals surface area (Å²) in [6.07, 6.45) is 0.899. The molecule has 12 heteroatoms. The minimum Gasteiger partial charge on any atom is -0.237 e. The molecule has 34 heavy (non-hydrogen) atoms. The van der Waals surface area contributed by atoms with E-state index >= 15 is 0 Å². The van der Waals surface area contributed by atoms with Gasteiger partial charge in [-0.2, -0.15) is 9.78 Å². The summed E-state index contributed by atoms with van der Waals surface area (Å²) in [6, 6.07) is 9.67. The van der Waals surface area contributed by atoms with Crippen molar-refractivity contribution in [3.8, 4) is 10.8 Å². The largest absolute Gasteiger partial charge is 0.271 e. The Kier molecular flexibility index (Phi) is 6.87. The van der Waals surface area contributed by atoms with Gasteiger partial charge in [0.1, 0.15) is 11.6 Å². The summed E-state index contributed by atoms with van der Waals surface area (Å²) in [6.45, 7) is 3.93. The SMILES string of the molecule is CC(C)c1csc(-c2nnc(S(=O)(=O)Cc3ccc(Cl)cc3)n2/N=C/c2c(F)cccc2F)n1. The van der Waals surface area contributed by atoms with Crippen LogP contribution in [0.1, 0.15) is 36.6 Å². The maximum absolute atomic E-state index is 14.1. The Labute approximate surface area is 203 Å². The normalized spacial score (nSPS) is 12.2. The van der Waals surface area contributed by atoms with Crippen molar-refractivity contribution in [3.63, 3.8) is 0 Å². The molecule has 0 amide bonds. The molecule has 0 fully saturated rings. The first kappa shape index (κ1) is 24.1. The predicted octanol–water partition coefficient (Wildman–Crippen LogP) is 5.31. The highest BCUT2D eigenvalue weighted by Crippen LogP contribution is 2.28. The van der Waals surface area contributed by atoms with Crippen LogP contribution < -0.4 is 0 Å². The number of thiazole rings is 1. The van der Waals surface area contributed by atoms with E-state index in [2.05, 4.69) is 20.3 Å². The number of sulfone groups is 1. The van der Waals surface area contributed by atoms with Gasteiger partial charge in [-0.1, -0.05) is 43.6 Å². The molecule has 2 aromatic heterocycles. The second-order valence-corrected chi connectivity index (χ2v) is 10.8. The zero-order valence-corrected chi connectivity index (χ0v) is 20.4. The predicted molar refractivity (Wildman–Crippen MR) is 127 cm³/mol. The summed E-state index contributed by atoms with van der Waals surface area (Å²) in [4.78, 5) is 4.48. The van der Waals surface area contributed by atoms with Gasteiger partial charge in [0, 0.05) is 10.4 Å². The first-order valence-corrected chi connectivity index (χ1v) is 12.9. The lowest BCUT2D eigenvalue weighted by atomic mass is 10.2. The fraction of sp³-hybridized carbons (Fsp3) is 0.182. The molecule has 7 nitrogen and oxygen atoms in total. The van der Waals surface area contributed by atoms with Crippen LogP contribution >= 0.6 is 22.9 Å². The van der Waals surface area contributed by atoms with Crippen molar-refractivity contribution in [1.29, 1.82) is 0 Å². The van der Waals surface area contributed by atoms with E-state index < -0.39 is 37.9 Å². The monoisotopic (exact) mass is 521 g/mol. The Balaban J connectivity index is 1.82. The van der Waals surface area contributed by atoms with Crippen molar-refractivity contribution >= 4 is 39.0 Å². The van der Waals surface area contributed by atoms with E-state index in [1.54, 1.807) is 24.3 Å². The van der Waals surface area contributed by atoms with Gasteiger partial charge in [-0.15, -0.1) is 21.5 Å². The Hall–Kier alpha value is -3.02. The molecule has 0 aliphatic carbocycles. The van der Waals surface area contributed by atoms with E-state index in [1.807, 2.05) is 19.2 Å². The molecule has 0 aliphatic heterocycles. The first-order valence-electron chi connectivity index (χ1n) is 10.0. The van der Waals surface area contributed by atoms with E-state index in [-0.39, 0.29) is 11.7 Å². The van der Waals surface area contributed by atoms with Crippen LogP contribution in [-0.2, 0) is 15.6 Å². The molecule has 0 N–H and O–H groups in total. The van der Waals surface area contributed by atoms with Crippen LogP contribution in [0.5, 0.6) is 0 Å². The van der Waals surface area contributed by atoms with E-state index in [0.717, 1.165) is 28.7 Å². The first-order chi connectivity index (χ1) is 16.2. The highest BCUT2D eigenvalue weighted by Gasteiger charge is 2.27. The van der Waals surface area contributed by atoms with Crippen LogP contribution in [-0.4, -0.2) is 34.5 Å². The van der Waals surface area contributed by atoms with E-state index in [0.29, 0.717) is 15.6 Å². The molecule has 0 unspecified atom stereocenters. The van der Waals surface area contributed by atoms with Crippen molar-refractivity contribution < 1.29 is 17.2 Å². The molecule has 0 saturated heterocycles. The van der Waals surface area contributed by atoms with Crippen LogP contribution in [0.3, 0.4) is 0 Å². The van der Waals surface area contributed by atoms with E-state index in [4.69, 9.17) is 11.6 Å². The number of hydrogen-bond donors (Lipinski definition) is 0. The van der Waals surface area contributed by atoms with Gasteiger partial charge in [-0.3, -0.25) is 0 Å². The molecular weight excluding hydrogens is 504 g/mol. The van der Waals surface area contributed by atoms with Gasteiger partial charge >= 0.3 is 0 Å². The van der Waals surface area contributed by atoms with Gasteiger partial charge in [0.05, 0.1) is 23.2 Å². The fourth-order valence-electron chi connectivity index (χ4n) is 2.96. The maximum Gasteiger partial charge on any atom is 0.271 e. The number of nitrogens with zero attached hydrogens (tertiary/aromatic N) is 5. The number of aromatic nitrogens is 4. The van der Waals surface area contributed by atoms with E-state index in [1.165, 1.54) is 17.4 Å². The Morgan fingerprint density at radius 1 is 1.12 bits per heavy atom. The second kappa shape index (κ2) is 9.69. The second-order valence-electron chi connectivity index (χ2n) is 7.62. The molecular formula is C22H18ClF2N5O2S2. The van der Waals surface area contributed by atoms with Gasteiger partial charge in [-0.25, -0.2) is 22.2 Å². The van der Waals surface area contributed by atoms with Crippen molar-refractivity contribution in [2.75, 3.05) is 0 Å². The Morgan fingerprint density at radius 3 is 2.41 bits per heavy atom.